The highest BCUT2D eigenvalue weighted by molar-refractivity contribution is 6.06. The molecule has 1 N–H and O–H groups in total. The maximum Gasteiger partial charge on any atom is 0.268 e. The van der Waals surface area contributed by atoms with Gasteiger partial charge in [0.2, 0.25) is 6.10 Å². The van der Waals surface area contributed by atoms with E-state index in [0.29, 0.717) is 6.42 Å². The standard InChI is InChI=1S/C19H20N2O3/c1-12-5-4-6-13(2)18(12)20-19(22)17-11-16(21-24-17)14-7-9-15(23-3)10-8-14/h4-10,17H,11H2,1-3H3,(H,20,22)/t17-/m1/s1. The van der Waals surface area contributed by atoms with Crippen molar-refractivity contribution < 1.29 is 14.4 Å². The highest BCUT2D eigenvalue weighted by Gasteiger charge is 2.29. The van der Waals surface area contributed by atoms with Crippen molar-refractivity contribution in [3.8, 4) is 5.75 Å². The molecule has 2 aromatic rings. The summed E-state index contributed by atoms with van der Waals surface area (Å²) in [5.74, 6) is 0.599. The predicted molar refractivity (Wildman–Crippen MR) is 93.6 cm³/mol. The minimum absolute atomic E-state index is 0.181. The van der Waals surface area contributed by atoms with E-state index in [1.807, 2.05) is 56.3 Å². The van der Waals surface area contributed by atoms with Crippen LogP contribution in [0, 0.1) is 13.8 Å². The number of carbonyl (C=O) groups is 1. The van der Waals surface area contributed by atoms with Crippen LogP contribution in [0.5, 0.6) is 5.75 Å². The first-order valence-electron chi connectivity index (χ1n) is 7.82. The lowest BCUT2D eigenvalue weighted by Crippen LogP contribution is -2.28. The average Bonchev–Trinajstić information content (AvgIpc) is 3.08. The van der Waals surface area contributed by atoms with Crippen LogP contribution in [-0.2, 0) is 9.63 Å². The van der Waals surface area contributed by atoms with Gasteiger partial charge in [-0.25, -0.2) is 0 Å². The Hall–Kier alpha value is -2.82. The molecular formula is C19H20N2O3. The van der Waals surface area contributed by atoms with Crippen molar-refractivity contribution in [2.24, 2.45) is 5.16 Å². The quantitative estimate of drug-likeness (QED) is 0.937. The van der Waals surface area contributed by atoms with Crippen molar-refractivity contribution >= 4 is 17.3 Å². The van der Waals surface area contributed by atoms with Gasteiger partial charge in [0.25, 0.3) is 5.91 Å². The Morgan fingerprint density at radius 1 is 1.17 bits per heavy atom. The molecular weight excluding hydrogens is 304 g/mol. The predicted octanol–water partition coefficient (Wildman–Crippen LogP) is 3.44. The Morgan fingerprint density at radius 3 is 2.46 bits per heavy atom. The number of anilines is 1. The molecule has 0 fully saturated rings. The second kappa shape index (κ2) is 6.74. The maximum atomic E-state index is 12.5. The molecule has 3 rings (SSSR count). The highest BCUT2D eigenvalue weighted by atomic mass is 16.6. The van der Waals surface area contributed by atoms with Crippen molar-refractivity contribution in [3.63, 3.8) is 0 Å². The van der Waals surface area contributed by atoms with Crippen LogP contribution in [0.25, 0.3) is 0 Å². The number of carbonyl (C=O) groups excluding carboxylic acids is 1. The summed E-state index contributed by atoms with van der Waals surface area (Å²) >= 11 is 0. The third kappa shape index (κ3) is 3.25. The summed E-state index contributed by atoms with van der Waals surface area (Å²) < 4.78 is 5.14. The van der Waals surface area contributed by atoms with Crippen molar-refractivity contribution in [1.29, 1.82) is 0 Å². The van der Waals surface area contributed by atoms with Crippen LogP contribution in [0.4, 0.5) is 5.69 Å². The molecule has 0 spiro atoms. The fourth-order valence-electron chi connectivity index (χ4n) is 2.69. The summed E-state index contributed by atoms with van der Waals surface area (Å²) in [5, 5.41) is 7.02. The molecule has 1 atom stereocenters. The third-order valence-corrected chi connectivity index (χ3v) is 4.11. The molecule has 0 unspecified atom stereocenters. The summed E-state index contributed by atoms with van der Waals surface area (Å²) in [4.78, 5) is 17.8. The van der Waals surface area contributed by atoms with Gasteiger partial charge in [0.15, 0.2) is 0 Å². The number of benzene rings is 2. The van der Waals surface area contributed by atoms with Crippen LogP contribution in [-0.4, -0.2) is 24.8 Å². The van der Waals surface area contributed by atoms with Crippen LogP contribution in [0.2, 0.25) is 0 Å². The first kappa shape index (κ1) is 16.1. The van der Waals surface area contributed by atoms with Gasteiger partial charge in [0.05, 0.1) is 12.8 Å². The number of methoxy groups -OCH3 is 1. The molecule has 0 aliphatic carbocycles. The van der Waals surface area contributed by atoms with E-state index in [1.54, 1.807) is 7.11 Å². The molecule has 5 nitrogen and oxygen atoms in total. The Labute approximate surface area is 141 Å². The SMILES string of the molecule is COc1ccc(C2=NO[C@@H](C(=O)Nc3c(C)cccc3C)C2)cc1. The minimum atomic E-state index is -0.610. The number of para-hydroxylation sites is 1. The number of hydrogen-bond donors (Lipinski definition) is 1. The molecule has 124 valence electrons. The lowest BCUT2D eigenvalue weighted by atomic mass is 10.0. The smallest absolute Gasteiger partial charge is 0.268 e. The molecule has 0 saturated carbocycles. The van der Waals surface area contributed by atoms with E-state index in [4.69, 9.17) is 9.57 Å². The number of aryl methyl sites for hydroxylation is 2. The van der Waals surface area contributed by atoms with Gasteiger partial charge in [-0.2, -0.15) is 0 Å². The lowest BCUT2D eigenvalue weighted by Gasteiger charge is -2.13. The van der Waals surface area contributed by atoms with Crippen molar-refractivity contribution in [2.45, 2.75) is 26.4 Å². The van der Waals surface area contributed by atoms with Gasteiger partial charge < -0.3 is 14.9 Å². The number of ether oxygens (including phenoxy) is 1. The number of nitrogens with one attached hydrogen (secondary N) is 1. The van der Waals surface area contributed by atoms with E-state index in [9.17, 15) is 4.79 Å². The molecule has 24 heavy (non-hydrogen) atoms. The van der Waals surface area contributed by atoms with E-state index >= 15 is 0 Å². The molecule has 5 heteroatoms. The fourth-order valence-corrected chi connectivity index (χ4v) is 2.69. The molecule has 1 aliphatic rings. The second-order valence-corrected chi connectivity index (χ2v) is 5.82. The largest absolute Gasteiger partial charge is 0.497 e. The van der Waals surface area contributed by atoms with Crippen LogP contribution >= 0.6 is 0 Å². The van der Waals surface area contributed by atoms with Crippen LogP contribution in [0.15, 0.2) is 47.6 Å². The number of oxime groups is 1. The first-order chi connectivity index (χ1) is 11.6. The molecule has 1 amide bonds. The summed E-state index contributed by atoms with van der Waals surface area (Å²) in [5.41, 5.74) is 4.58. The van der Waals surface area contributed by atoms with E-state index < -0.39 is 6.10 Å². The Morgan fingerprint density at radius 2 is 1.83 bits per heavy atom. The number of rotatable bonds is 4. The summed E-state index contributed by atoms with van der Waals surface area (Å²) in [6, 6.07) is 13.5. The van der Waals surface area contributed by atoms with Crippen LogP contribution in [0.1, 0.15) is 23.1 Å². The van der Waals surface area contributed by atoms with Crippen molar-refractivity contribution in [1.82, 2.24) is 0 Å². The number of hydrogen-bond acceptors (Lipinski definition) is 4. The zero-order valence-corrected chi connectivity index (χ0v) is 14.0. The number of nitrogens with zero attached hydrogens (tertiary/aromatic N) is 1. The summed E-state index contributed by atoms with van der Waals surface area (Å²) in [6.45, 7) is 3.94. The van der Waals surface area contributed by atoms with Gasteiger partial charge in [-0.15, -0.1) is 0 Å². The maximum absolute atomic E-state index is 12.5. The molecule has 0 aromatic heterocycles. The van der Waals surface area contributed by atoms with Crippen molar-refractivity contribution in [2.75, 3.05) is 12.4 Å². The van der Waals surface area contributed by atoms with Crippen LogP contribution in [0.3, 0.4) is 0 Å². The molecule has 2 aromatic carbocycles. The summed E-state index contributed by atoms with van der Waals surface area (Å²) in [7, 11) is 1.62. The highest BCUT2D eigenvalue weighted by Crippen LogP contribution is 2.23. The van der Waals surface area contributed by atoms with Crippen LogP contribution < -0.4 is 10.1 Å². The van der Waals surface area contributed by atoms with Crippen molar-refractivity contribution in [3.05, 3.63) is 59.2 Å². The molecule has 0 bridgehead atoms. The van der Waals surface area contributed by atoms with Gasteiger partial charge in [0, 0.05) is 12.1 Å². The minimum Gasteiger partial charge on any atom is -0.497 e. The summed E-state index contributed by atoms with van der Waals surface area (Å²) in [6.07, 6.45) is -0.163. The Kier molecular flexibility index (Phi) is 4.51. The normalized spacial score (nSPS) is 16.3. The first-order valence-corrected chi connectivity index (χ1v) is 7.82. The number of amides is 1. The topological polar surface area (TPSA) is 59.9 Å². The van der Waals surface area contributed by atoms with Gasteiger partial charge in [0.1, 0.15) is 5.75 Å². The van der Waals surface area contributed by atoms with E-state index in [0.717, 1.165) is 33.8 Å². The molecule has 1 heterocycles. The van der Waals surface area contributed by atoms with Gasteiger partial charge in [-0.05, 0) is 54.8 Å². The Balaban J connectivity index is 1.66. The second-order valence-electron chi connectivity index (χ2n) is 5.82. The van der Waals surface area contributed by atoms with E-state index in [1.165, 1.54) is 0 Å². The van der Waals surface area contributed by atoms with Gasteiger partial charge >= 0.3 is 0 Å². The molecule has 0 radical (unpaired) electrons. The average molecular weight is 324 g/mol. The molecule has 1 aliphatic heterocycles. The van der Waals surface area contributed by atoms with E-state index in [2.05, 4.69) is 10.5 Å². The zero-order valence-electron chi connectivity index (χ0n) is 14.0. The third-order valence-electron chi connectivity index (χ3n) is 4.11. The zero-order chi connectivity index (χ0) is 17.1. The van der Waals surface area contributed by atoms with E-state index in [-0.39, 0.29) is 5.91 Å². The lowest BCUT2D eigenvalue weighted by molar-refractivity contribution is -0.125. The van der Waals surface area contributed by atoms with Gasteiger partial charge in [-0.1, -0.05) is 23.4 Å². The monoisotopic (exact) mass is 324 g/mol. The molecule has 0 saturated heterocycles. The fraction of sp³-hybridized carbons (Fsp3) is 0.263. The Bertz CT molecular complexity index is 761. The van der Waals surface area contributed by atoms with Gasteiger partial charge in [-0.3, -0.25) is 4.79 Å².